The van der Waals surface area contributed by atoms with Crippen molar-refractivity contribution < 1.29 is 13.6 Å². The molecular formula is C14H22Cl2F2N4O. The Bertz CT molecular complexity index is 498. The minimum atomic E-state index is -2.81. The SMILES string of the molecule is CCN(CC)c1ccc(NC(=O)C2CC(F)(F)CN2)cn1.Cl.Cl. The summed E-state index contributed by atoms with van der Waals surface area (Å²) in [5.74, 6) is -2.44. The van der Waals surface area contributed by atoms with E-state index in [-0.39, 0.29) is 24.8 Å². The third kappa shape index (κ3) is 5.75. The number of nitrogens with zero attached hydrogens (tertiary/aromatic N) is 2. The van der Waals surface area contributed by atoms with Crippen molar-refractivity contribution in [1.29, 1.82) is 0 Å². The molecule has 1 aromatic heterocycles. The van der Waals surface area contributed by atoms with Crippen molar-refractivity contribution in [2.45, 2.75) is 32.2 Å². The van der Waals surface area contributed by atoms with E-state index < -0.39 is 30.8 Å². The van der Waals surface area contributed by atoms with Gasteiger partial charge in [0.1, 0.15) is 5.82 Å². The largest absolute Gasteiger partial charge is 0.357 e. The molecule has 1 aliphatic rings. The van der Waals surface area contributed by atoms with Crippen LogP contribution in [-0.4, -0.2) is 42.5 Å². The molecule has 2 heterocycles. The average Bonchev–Trinajstić information content (AvgIpc) is 2.82. The van der Waals surface area contributed by atoms with Gasteiger partial charge in [0.2, 0.25) is 5.91 Å². The zero-order valence-corrected chi connectivity index (χ0v) is 14.6. The highest BCUT2D eigenvalue weighted by Gasteiger charge is 2.42. The van der Waals surface area contributed by atoms with Crippen LogP contribution in [0.1, 0.15) is 20.3 Å². The molecule has 9 heteroatoms. The molecule has 0 aromatic carbocycles. The highest BCUT2D eigenvalue weighted by molar-refractivity contribution is 5.95. The number of halogens is 4. The second-order valence-corrected chi connectivity index (χ2v) is 5.06. The lowest BCUT2D eigenvalue weighted by atomic mass is 10.2. The standard InChI is InChI=1S/C14H20F2N4O.2ClH/c1-3-20(4-2)12-6-5-10(8-17-12)19-13(21)11-7-14(15,16)9-18-11;;/h5-6,8,11,18H,3-4,7,9H2,1-2H3,(H,19,21);2*1H. The fourth-order valence-electron chi connectivity index (χ4n) is 2.32. The van der Waals surface area contributed by atoms with Crippen molar-refractivity contribution in [2.75, 3.05) is 29.9 Å². The van der Waals surface area contributed by atoms with E-state index in [2.05, 4.69) is 20.5 Å². The lowest BCUT2D eigenvalue weighted by Gasteiger charge is -2.19. The summed E-state index contributed by atoms with van der Waals surface area (Å²) in [5.41, 5.74) is 0.507. The van der Waals surface area contributed by atoms with Gasteiger partial charge in [-0.1, -0.05) is 0 Å². The van der Waals surface area contributed by atoms with E-state index in [1.54, 1.807) is 18.3 Å². The molecule has 2 rings (SSSR count). The van der Waals surface area contributed by atoms with Crippen molar-refractivity contribution in [3.63, 3.8) is 0 Å². The van der Waals surface area contributed by atoms with Crippen molar-refractivity contribution >= 4 is 42.2 Å². The van der Waals surface area contributed by atoms with Crippen LogP contribution in [0, 0.1) is 0 Å². The summed E-state index contributed by atoms with van der Waals surface area (Å²) in [4.78, 5) is 18.2. The predicted octanol–water partition coefficient (Wildman–Crippen LogP) is 2.71. The van der Waals surface area contributed by atoms with Crippen molar-refractivity contribution in [2.24, 2.45) is 0 Å². The molecule has 0 bridgehead atoms. The topological polar surface area (TPSA) is 57.3 Å². The van der Waals surface area contributed by atoms with Gasteiger partial charge in [-0.05, 0) is 26.0 Å². The number of nitrogens with one attached hydrogen (secondary N) is 2. The number of carbonyl (C=O) groups is 1. The van der Waals surface area contributed by atoms with Gasteiger partial charge in [0.05, 0.1) is 24.5 Å². The number of hydrogen-bond acceptors (Lipinski definition) is 4. The molecule has 0 saturated carbocycles. The second kappa shape index (κ2) is 9.20. The number of aromatic nitrogens is 1. The first kappa shape index (κ1) is 21.8. The van der Waals surface area contributed by atoms with Gasteiger partial charge in [0.25, 0.3) is 5.92 Å². The summed E-state index contributed by atoms with van der Waals surface area (Å²) in [6.45, 7) is 5.30. The number of rotatable bonds is 5. The van der Waals surface area contributed by atoms with E-state index in [9.17, 15) is 13.6 Å². The summed E-state index contributed by atoms with van der Waals surface area (Å²) < 4.78 is 26.1. The highest BCUT2D eigenvalue weighted by Crippen LogP contribution is 2.25. The Balaban J connectivity index is 0.00000242. The minimum Gasteiger partial charge on any atom is -0.357 e. The van der Waals surface area contributed by atoms with Gasteiger partial charge >= 0.3 is 0 Å². The smallest absolute Gasteiger partial charge is 0.262 e. The molecule has 132 valence electrons. The van der Waals surface area contributed by atoms with Crippen LogP contribution >= 0.6 is 24.8 Å². The molecule has 1 aliphatic heterocycles. The average molecular weight is 371 g/mol. The summed E-state index contributed by atoms with van der Waals surface area (Å²) in [6.07, 6.45) is 1.07. The van der Waals surface area contributed by atoms with E-state index in [0.29, 0.717) is 5.69 Å². The van der Waals surface area contributed by atoms with E-state index in [1.807, 2.05) is 13.8 Å². The zero-order valence-electron chi connectivity index (χ0n) is 13.0. The first-order valence-electron chi connectivity index (χ1n) is 7.08. The quantitative estimate of drug-likeness (QED) is 0.836. The van der Waals surface area contributed by atoms with Gasteiger partial charge in [-0.2, -0.15) is 0 Å². The van der Waals surface area contributed by atoms with E-state index in [4.69, 9.17) is 0 Å². The number of alkyl halides is 2. The Kier molecular flexibility index (Phi) is 8.73. The van der Waals surface area contributed by atoms with Gasteiger partial charge in [0.15, 0.2) is 0 Å². The molecule has 0 spiro atoms. The van der Waals surface area contributed by atoms with Crippen LogP contribution in [0.2, 0.25) is 0 Å². The van der Waals surface area contributed by atoms with Gasteiger partial charge < -0.3 is 10.2 Å². The van der Waals surface area contributed by atoms with Gasteiger partial charge in [-0.15, -0.1) is 24.8 Å². The van der Waals surface area contributed by atoms with Crippen LogP contribution < -0.4 is 15.5 Å². The van der Waals surface area contributed by atoms with Crippen molar-refractivity contribution in [1.82, 2.24) is 10.3 Å². The lowest BCUT2D eigenvalue weighted by molar-refractivity contribution is -0.118. The molecular weight excluding hydrogens is 349 g/mol. The van der Waals surface area contributed by atoms with Crippen LogP contribution in [0.25, 0.3) is 0 Å². The maximum atomic E-state index is 13.1. The van der Waals surface area contributed by atoms with Crippen LogP contribution in [0.3, 0.4) is 0 Å². The molecule has 1 saturated heterocycles. The van der Waals surface area contributed by atoms with E-state index >= 15 is 0 Å². The fourth-order valence-corrected chi connectivity index (χ4v) is 2.32. The maximum absolute atomic E-state index is 13.1. The lowest BCUT2D eigenvalue weighted by Crippen LogP contribution is -2.35. The molecule has 5 nitrogen and oxygen atoms in total. The Labute approximate surface area is 147 Å². The summed E-state index contributed by atoms with van der Waals surface area (Å²) in [6, 6.07) is 2.67. The molecule has 1 aromatic rings. The van der Waals surface area contributed by atoms with E-state index in [1.165, 1.54) is 0 Å². The Morgan fingerprint density at radius 2 is 2.04 bits per heavy atom. The summed E-state index contributed by atoms with van der Waals surface area (Å²) >= 11 is 0. The molecule has 0 aliphatic carbocycles. The highest BCUT2D eigenvalue weighted by atomic mass is 35.5. The number of anilines is 2. The zero-order chi connectivity index (χ0) is 15.5. The van der Waals surface area contributed by atoms with Crippen molar-refractivity contribution in [3.8, 4) is 0 Å². The first-order chi connectivity index (χ1) is 9.95. The third-order valence-corrected chi connectivity index (χ3v) is 3.53. The van der Waals surface area contributed by atoms with Gasteiger partial charge in [-0.3, -0.25) is 10.1 Å². The number of pyridine rings is 1. The van der Waals surface area contributed by atoms with Crippen LogP contribution in [0.5, 0.6) is 0 Å². The fraction of sp³-hybridized carbons (Fsp3) is 0.571. The molecule has 23 heavy (non-hydrogen) atoms. The Morgan fingerprint density at radius 3 is 2.48 bits per heavy atom. The van der Waals surface area contributed by atoms with Crippen molar-refractivity contribution in [3.05, 3.63) is 18.3 Å². The summed E-state index contributed by atoms with van der Waals surface area (Å²) in [5, 5.41) is 5.13. The normalized spacial score (nSPS) is 18.5. The number of carbonyl (C=O) groups excluding carboxylic acids is 1. The monoisotopic (exact) mass is 370 g/mol. The van der Waals surface area contributed by atoms with Crippen LogP contribution in [-0.2, 0) is 4.79 Å². The first-order valence-corrected chi connectivity index (χ1v) is 7.08. The Hall–Kier alpha value is -1.18. The minimum absolute atomic E-state index is 0. The second-order valence-electron chi connectivity index (χ2n) is 5.06. The third-order valence-electron chi connectivity index (χ3n) is 3.53. The molecule has 1 atom stereocenters. The molecule has 1 fully saturated rings. The molecule has 0 radical (unpaired) electrons. The maximum Gasteiger partial charge on any atom is 0.262 e. The predicted molar refractivity (Wildman–Crippen MR) is 92.3 cm³/mol. The van der Waals surface area contributed by atoms with Gasteiger partial charge in [0, 0.05) is 19.5 Å². The van der Waals surface area contributed by atoms with Gasteiger partial charge in [-0.25, -0.2) is 13.8 Å². The molecule has 2 N–H and O–H groups in total. The Morgan fingerprint density at radius 1 is 1.39 bits per heavy atom. The molecule has 1 unspecified atom stereocenters. The number of hydrogen-bond donors (Lipinski definition) is 2. The van der Waals surface area contributed by atoms with Crippen LogP contribution in [0.15, 0.2) is 18.3 Å². The van der Waals surface area contributed by atoms with Crippen LogP contribution in [0.4, 0.5) is 20.3 Å². The number of amides is 1. The molecule has 1 amide bonds. The van der Waals surface area contributed by atoms with E-state index in [0.717, 1.165) is 18.9 Å². The summed E-state index contributed by atoms with van der Waals surface area (Å²) in [7, 11) is 0.